The van der Waals surface area contributed by atoms with Gasteiger partial charge in [0.05, 0.1) is 23.5 Å². The minimum atomic E-state index is -0.986. The highest BCUT2D eigenvalue weighted by molar-refractivity contribution is 5.87. The van der Waals surface area contributed by atoms with Gasteiger partial charge in [-0.2, -0.15) is 10.5 Å². The Balaban J connectivity index is 1.40. The maximum absolute atomic E-state index is 13.5. The van der Waals surface area contributed by atoms with Gasteiger partial charge in [-0.05, 0) is 56.4 Å². The van der Waals surface area contributed by atoms with Crippen molar-refractivity contribution in [3.8, 4) is 12.3 Å². The molecule has 0 saturated carbocycles. The van der Waals surface area contributed by atoms with E-state index >= 15 is 0 Å². The molecule has 1 N–H and O–H groups in total. The number of nitriles is 2. The first-order chi connectivity index (χ1) is 17.4. The van der Waals surface area contributed by atoms with Gasteiger partial charge in [0.2, 0.25) is 18.1 Å². The third-order valence-electron chi connectivity index (χ3n) is 7.58. The molecule has 1 amide bonds. The van der Waals surface area contributed by atoms with Crippen molar-refractivity contribution in [1.29, 1.82) is 10.5 Å². The lowest BCUT2D eigenvalue weighted by Gasteiger charge is -2.43. The van der Waals surface area contributed by atoms with Crippen LogP contribution in [0.5, 0.6) is 0 Å². The molecule has 36 heavy (non-hydrogen) atoms. The largest absolute Gasteiger partial charge is 0.481 e. The van der Waals surface area contributed by atoms with Crippen LogP contribution in [0.15, 0.2) is 23.2 Å². The number of aliphatic imine (C=N–C) groups is 1. The van der Waals surface area contributed by atoms with Gasteiger partial charge in [-0.15, -0.1) is 4.99 Å². The number of piperidine rings is 2. The predicted molar refractivity (Wildman–Crippen MR) is 134 cm³/mol. The molecule has 0 bridgehead atoms. The lowest BCUT2D eigenvalue weighted by molar-refractivity contribution is -0.153. The number of carbonyl (C=O) groups excluding carboxylic acids is 1. The average molecular weight is 492 g/mol. The summed E-state index contributed by atoms with van der Waals surface area (Å²) in [5.41, 5.74) is 2.70. The predicted octanol–water partition coefficient (Wildman–Crippen LogP) is 1.86. The number of benzene rings is 1. The number of anilines is 1. The summed E-state index contributed by atoms with van der Waals surface area (Å²) >= 11 is 0. The van der Waals surface area contributed by atoms with E-state index < -0.39 is 17.8 Å². The summed E-state index contributed by atoms with van der Waals surface area (Å²) in [6, 6.07) is 7.78. The van der Waals surface area contributed by atoms with Crippen LogP contribution in [0.3, 0.4) is 0 Å². The number of rotatable bonds is 3. The zero-order valence-corrected chi connectivity index (χ0v) is 20.8. The molecule has 3 fully saturated rings. The molecule has 10 heteroatoms. The molecule has 2 atom stereocenters. The molecule has 1 aromatic carbocycles. The summed E-state index contributed by atoms with van der Waals surface area (Å²) in [5, 5.41) is 28.4. The highest BCUT2D eigenvalue weighted by Gasteiger charge is 2.42. The van der Waals surface area contributed by atoms with E-state index in [2.05, 4.69) is 20.9 Å². The normalized spacial score (nSPS) is 23.1. The maximum Gasteiger partial charge on any atom is 0.309 e. The van der Waals surface area contributed by atoms with E-state index in [0.29, 0.717) is 50.7 Å². The highest BCUT2D eigenvalue weighted by atomic mass is 16.4. The average Bonchev–Trinajstić information content (AvgIpc) is 2.91. The molecular formula is C26H33N7O3. The van der Waals surface area contributed by atoms with Crippen LogP contribution in [0.1, 0.15) is 36.8 Å². The topological polar surface area (TPSA) is 127 Å². The molecule has 0 aliphatic carbocycles. The summed E-state index contributed by atoms with van der Waals surface area (Å²) < 4.78 is 0. The van der Waals surface area contributed by atoms with E-state index in [1.54, 1.807) is 11.0 Å². The number of hydrogen-bond acceptors (Lipinski definition) is 6. The Kier molecular flexibility index (Phi) is 7.94. The van der Waals surface area contributed by atoms with Crippen molar-refractivity contribution < 1.29 is 14.7 Å². The van der Waals surface area contributed by atoms with Gasteiger partial charge in [0.15, 0.2) is 0 Å². The summed E-state index contributed by atoms with van der Waals surface area (Å²) in [5.74, 6) is -1.99. The Morgan fingerprint density at radius 1 is 0.944 bits per heavy atom. The molecule has 3 heterocycles. The van der Waals surface area contributed by atoms with Gasteiger partial charge >= 0.3 is 5.97 Å². The van der Waals surface area contributed by atoms with Gasteiger partial charge in [0, 0.05) is 58.0 Å². The Bertz CT molecular complexity index is 1090. The minimum absolute atomic E-state index is 0.102. The van der Waals surface area contributed by atoms with Crippen molar-refractivity contribution in [3.63, 3.8) is 0 Å². The number of carboxylic acids is 1. The second-order valence-corrected chi connectivity index (χ2v) is 9.77. The number of piperazine rings is 1. The third-order valence-corrected chi connectivity index (χ3v) is 7.58. The van der Waals surface area contributed by atoms with Crippen molar-refractivity contribution in [2.24, 2.45) is 16.8 Å². The second-order valence-electron chi connectivity index (χ2n) is 9.77. The van der Waals surface area contributed by atoms with Gasteiger partial charge in [0.1, 0.15) is 0 Å². The Morgan fingerprint density at radius 3 is 2.28 bits per heavy atom. The van der Waals surface area contributed by atoms with E-state index in [0.717, 1.165) is 43.6 Å². The number of guanidine groups is 1. The SMILES string of the molecule is Cc1cc(C#N)ccc1N1CCN(C(=O)[C@H]2CCN(C(=NC#N)N3CCCCC3)C[C@@H]2C(=O)O)CC1. The van der Waals surface area contributed by atoms with E-state index in [9.17, 15) is 20.0 Å². The maximum atomic E-state index is 13.5. The summed E-state index contributed by atoms with van der Waals surface area (Å²) in [7, 11) is 0. The zero-order valence-electron chi connectivity index (χ0n) is 20.8. The number of carbonyl (C=O) groups is 2. The van der Waals surface area contributed by atoms with Gasteiger partial charge in [-0.3, -0.25) is 9.59 Å². The van der Waals surface area contributed by atoms with E-state index in [1.807, 2.05) is 30.1 Å². The highest BCUT2D eigenvalue weighted by Crippen LogP contribution is 2.29. The van der Waals surface area contributed by atoms with Gasteiger partial charge < -0.3 is 24.7 Å². The van der Waals surface area contributed by atoms with Crippen molar-refractivity contribution >= 4 is 23.5 Å². The summed E-state index contributed by atoms with van der Waals surface area (Å²) in [6.07, 6.45) is 5.49. The van der Waals surface area contributed by atoms with Crippen molar-refractivity contribution in [1.82, 2.24) is 14.7 Å². The molecule has 0 aromatic heterocycles. The van der Waals surface area contributed by atoms with Gasteiger partial charge in [-0.25, -0.2) is 0 Å². The number of amides is 1. The van der Waals surface area contributed by atoms with Crippen LogP contribution in [0, 0.1) is 41.5 Å². The third kappa shape index (κ3) is 5.38. The van der Waals surface area contributed by atoms with E-state index in [-0.39, 0.29) is 12.5 Å². The van der Waals surface area contributed by atoms with Crippen LogP contribution in [-0.4, -0.2) is 90.0 Å². The summed E-state index contributed by atoms with van der Waals surface area (Å²) in [6.45, 7) is 6.63. The first-order valence-corrected chi connectivity index (χ1v) is 12.7. The van der Waals surface area contributed by atoms with Crippen molar-refractivity contribution in [2.75, 3.05) is 57.3 Å². The molecule has 0 radical (unpaired) electrons. The molecule has 10 nitrogen and oxygen atoms in total. The molecule has 190 valence electrons. The standard InChI is InChI=1S/C26H33N7O3/c1-19-15-20(16-27)5-6-23(19)30-11-13-31(14-12-30)24(34)21-7-10-33(17-22(21)25(35)36)26(29-18-28)32-8-3-2-4-9-32/h5-6,15,21-22H,2-4,7-14,17H2,1H3,(H,35,36)/t21-,22-/m0/s1. The van der Waals surface area contributed by atoms with Gasteiger partial charge in [0.25, 0.3) is 0 Å². The molecular weight excluding hydrogens is 458 g/mol. The minimum Gasteiger partial charge on any atom is -0.481 e. The number of aryl methyl sites for hydroxylation is 1. The molecule has 3 aliphatic heterocycles. The molecule has 1 aromatic rings. The fraction of sp³-hybridized carbons (Fsp3) is 0.577. The van der Waals surface area contributed by atoms with Crippen molar-refractivity contribution in [3.05, 3.63) is 29.3 Å². The van der Waals surface area contributed by atoms with E-state index in [1.165, 1.54) is 0 Å². The fourth-order valence-corrected chi connectivity index (χ4v) is 5.64. The zero-order chi connectivity index (χ0) is 25.7. The molecule has 3 aliphatic rings. The van der Waals surface area contributed by atoms with Crippen LogP contribution in [0.4, 0.5) is 5.69 Å². The fourth-order valence-electron chi connectivity index (χ4n) is 5.64. The Hall–Kier alpha value is -3.79. The quantitative estimate of drug-likeness (QED) is 0.386. The Labute approximate surface area is 212 Å². The number of aliphatic carboxylic acids is 1. The number of likely N-dealkylation sites (tertiary alicyclic amines) is 2. The van der Waals surface area contributed by atoms with Crippen molar-refractivity contribution in [2.45, 2.75) is 32.6 Å². The Morgan fingerprint density at radius 2 is 1.67 bits per heavy atom. The van der Waals surface area contributed by atoms with E-state index in [4.69, 9.17) is 5.26 Å². The van der Waals surface area contributed by atoms with Crippen LogP contribution < -0.4 is 4.90 Å². The number of hydrogen-bond donors (Lipinski definition) is 1. The van der Waals surface area contributed by atoms with Crippen LogP contribution in [0.2, 0.25) is 0 Å². The van der Waals surface area contributed by atoms with Crippen LogP contribution >= 0.6 is 0 Å². The molecule has 0 unspecified atom stereocenters. The molecule has 3 saturated heterocycles. The molecule has 0 spiro atoms. The first kappa shape index (κ1) is 25.3. The number of carboxylic acid groups (broad SMARTS) is 1. The molecule has 4 rings (SSSR count). The van der Waals surface area contributed by atoms with Crippen LogP contribution in [0.25, 0.3) is 0 Å². The van der Waals surface area contributed by atoms with Crippen LogP contribution in [-0.2, 0) is 9.59 Å². The summed E-state index contributed by atoms with van der Waals surface area (Å²) in [4.78, 5) is 37.7. The smallest absolute Gasteiger partial charge is 0.309 e. The first-order valence-electron chi connectivity index (χ1n) is 12.7. The lowest BCUT2D eigenvalue weighted by Crippen LogP contribution is -2.57. The lowest BCUT2D eigenvalue weighted by atomic mass is 9.84. The van der Waals surface area contributed by atoms with Gasteiger partial charge in [-0.1, -0.05) is 0 Å². The number of nitrogens with zero attached hydrogens (tertiary/aromatic N) is 7. The second kappa shape index (κ2) is 11.3. The monoisotopic (exact) mass is 491 g/mol.